The Morgan fingerprint density at radius 1 is 0.842 bits per heavy atom. The normalized spacial score (nSPS) is 10.6. The number of benzene rings is 2. The molecule has 0 aliphatic rings. The molecule has 19 heavy (non-hydrogen) atoms. The molecule has 0 spiro atoms. The first-order valence-electron chi connectivity index (χ1n) is 5.29. The van der Waals surface area contributed by atoms with Gasteiger partial charge in [0.15, 0.2) is 11.6 Å². The second kappa shape index (κ2) is 5.48. The molecule has 0 bridgehead atoms. The number of hydrogen-bond acceptors (Lipinski definition) is 1. The fourth-order valence-corrected chi connectivity index (χ4v) is 1.86. The van der Waals surface area contributed by atoms with Crippen molar-refractivity contribution in [1.82, 2.24) is 0 Å². The minimum Gasteiger partial charge on any atom is -0.376 e. The van der Waals surface area contributed by atoms with Gasteiger partial charge in [-0.25, -0.2) is 17.6 Å². The average Bonchev–Trinajstić information content (AvgIpc) is 2.25. The Morgan fingerprint density at radius 3 is 2.00 bits per heavy atom. The molecule has 0 radical (unpaired) electrons. The lowest BCUT2D eigenvalue weighted by Gasteiger charge is -2.09. The van der Waals surface area contributed by atoms with E-state index in [9.17, 15) is 17.6 Å². The molecule has 2 aromatic carbocycles. The molecule has 0 saturated carbocycles. The van der Waals surface area contributed by atoms with Gasteiger partial charge in [-0.15, -0.1) is 0 Å². The monoisotopic (exact) mass is 289 g/mol. The van der Waals surface area contributed by atoms with Crippen LogP contribution in [0.2, 0.25) is 5.02 Å². The first kappa shape index (κ1) is 13.7. The van der Waals surface area contributed by atoms with Crippen LogP contribution in [0.3, 0.4) is 0 Å². The second-order valence-corrected chi connectivity index (χ2v) is 4.31. The zero-order valence-corrected chi connectivity index (χ0v) is 10.2. The Labute approximate surface area is 111 Å². The molecule has 2 rings (SSSR count). The maximum Gasteiger partial charge on any atom is 0.152 e. The largest absolute Gasteiger partial charge is 0.376 e. The van der Waals surface area contributed by atoms with Crippen LogP contribution >= 0.6 is 11.6 Å². The standard InChI is InChI=1S/C13H8ClF4N/c14-8-1-7(2-9(15)3-8)6-19-13-11(17)4-10(16)5-12(13)18/h1-5,19H,6H2. The molecule has 1 N–H and O–H groups in total. The van der Waals surface area contributed by atoms with Crippen LogP contribution < -0.4 is 5.32 Å². The van der Waals surface area contributed by atoms with E-state index >= 15 is 0 Å². The molecule has 100 valence electrons. The Balaban J connectivity index is 2.19. The van der Waals surface area contributed by atoms with Crippen LogP contribution in [0, 0.1) is 23.3 Å². The van der Waals surface area contributed by atoms with Gasteiger partial charge in [-0.2, -0.15) is 0 Å². The van der Waals surface area contributed by atoms with Crippen molar-refractivity contribution < 1.29 is 17.6 Å². The minimum absolute atomic E-state index is 0.0447. The quantitative estimate of drug-likeness (QED) is 0.820. The summed E-state index contributed by atoms with van der Waals surface area (Å²) in [5.41, 5.74) is -0.0603. The third-order valence-electron chi connectivity index (χ3n) is 2.40. The topological polar surface area (TPSA) is 12.0 Å². The summed E-state index contributed by atoms with van der Waals surface area (Å²) in [6, 6.07) is 4.87. The Bertz CT molecular complexity index is 572. The van der Waals surface area contributed by atoms with Crippen LogP contribution in [0.15, 0.2) is 30.3 Å². The van der Waals surface area contributed by atoms with Crippen LogP contribution in [-0.2, 0) is 6.54 Å². The fraction of sp³-hybridized carbons (Fsp3) is 0.0769. The summed E-state index contributed by atoms with van der Waals surface area (Å²) in [5, 5.41) is 2.61. The highest BCUT2D eigenvalue weighted by atomic mass is 35.5. The Morgan fingerprint density at radius 2 is 1.42 bits per heavy atom. The first-order valence-corrected chi connectivity index (χ1v) is 5.67. The van der Waals surface area contributed by atoms with Crippen molar-refractivity contribution >= 4 is 17.3 Å². The zero-order valence-electron chi connectivity index (χ0n) is 9.48. The summed E-state index contributed by atoms with van der Waals surface area (Å²) < 4.78 is 52.4. The average molecular weight is 290 g/mol. The zero-order chi connectivity index (χ0) is 14.0. The van der Waals surface area contributed by atoms with E-state index in [-0.39, 0.29) is 11.6 Å². The van der Waals surface area contributed by atoms with E-state index in [1.54, 1.807) is 0 Å². The van der Waals surface area contributed by atoms with Gasteiger partial charge < -0.3 is 5.32 Å². The second-order valence-electron chi connectivity index (χ2n) is 3.88. The number of rotatable bonds is 3. The van der Waals surface area contributed by atoms with Crippen molar-refractivity contribution in [3.63, 3.8) is 0 Å². The molecular weight excluding hydrogens is 282 g/mol. The van der Waals surface area contributed by atoms with Gasteiger partial charge in [0.25, 0.3) is 0 Å². The lowest BCUT2D eigenvalue weighted by Crippen LogP contribution is -2.05. The predicted octanol–water partition coefficient (Wildman–Crippen LogP) is 4.51. The number of hydrogen-bond donors (Lipinski definition) is 1. The lowest BCUT2D eigenvalue weighted by molar-refractivity contribution is 0.547. The number of halogens is 5. The molecule has 1 nitrogen and oxygen atoms in total. The smallest absolute Gasteiger partial charge is 0.152 e. The van der Waals surface area contributed by atoms with Crippen LogP contribution in [0.1, 0.15) is 5.56 Å². The highest BCUT2D eigenvalue weighted by Gasteiger charge is 2.11. The van der Waals surface area contributed by atoms with Crippen LogP contribution in [0.4, 0.5) is 23.2 Å². The van der Waals surface area contributed by atoms with Crippen LogP contribution in [0.5, 0.6) is 0 Å². The summed E-state index contributed by atoms with van der Waals surface area (Å²) in [5.74, 6) is -3.67. The molecule has 0 aliphatic heterocycles. The van der Waals surface area contributed by atoms with Crippen molar-refractivity contribution in [2.24, 2.45) is 0 Å². The Kier molecular flexibility index (Phi) is 3.95. The molecule has 0 fully saturated rings. The van der Waals surface area contributed by atoms with E-state index in [1.165, 1.54) is 12.1 Å². The highest BCUT2D eigenvalue weighted by Crippen LogP contribution is 2.22. The van der Waals surface area contributed by atoms with Gasteiger partial charge in [-0.3, -0.25) is 0 Å². The third kappa shape index (κ3) is 3.38. The molecule has 0 heterocycles. The van der Waals surface area contributed by atoms with Crippen LogP contribution in [-0.4, -0.2) is 0 Å². The highest BCUT2D eigenvalue weighted by molar-refractivity contribution is 6.30. The third-order valence-corrected chi connectivity index (χ3v) is 2.62. The molecule has 0 aromatic heterocycles. The molecule has 2 aromatic rings. The van der Waals surface area contributed by atoms with E-state index in [1.807, 2.05) is 0 Å². The molecule has 0 unspecified atom stereocenters. The fourth-order valence-electron chi connectivity index (χ4n) is 1.61. The van der Waals surface area contributed by atoms with Crippen molar-refractivity contribution in [1.29, 1.82) is 0 Å². The van der Waals surface area contributed by atoms with Gasteiger partial charge in [0, 0.05) is 23.7 Å². The molecule has 0 aliphatic carbocycles. The Hall–Kier alpha value is -1.75. The van der Waals surface area contributed by atoms with E-state index < -0.39 is 29.0 Å². The van der Waals surface area contributed by atoms with Gasteiger partial charge in [0.1, 0.15) is 17.3 Å². The van der Waals surface area contributed by atoms with E-state index in [0.29, 0.717) is 17.7 Å². The minimum atomic E-state index is -1.06. The molecule has 0 amide bonds. The molecule has 0 atom stereocenters. The van der Waals surface area contributed by atoms with Crippen molar-refractivity contribution in [2.75, 3.05) is 5.32 Å². The van der Waals surface area contributed by atoms with Crippen molar-refractivity contribution in [2.45, 2.75) is 6.54 Å². The summed E-state index contributed by atoms with van der Waals surface area (Å²) in [4.78, 5) is 0. The summed E-state index contributed by atoms with van der Waals surface area (Å²) >= 11 is 5.65. The van der Waals surface area contributed by atoms with Gasteiger partial charge >= 0.3 is 0 Å². The molecule has 6 heteroatoms. The summed E-state index contributed by atoms with van der Waals surface area (Å²) in [7, 11) is 0. The van der Waals surface area contributed by atoms with E-state index in [4.69, 9.17) is 11.6 Å². The lowest BCUT2D eigenvalue weighted by atomic mass is 10.2. The summed E-state index contributed by atoms with van der Waals surface area (Å²) in [6.45, 7) is -0.0447. The molecular formula is C13H8ClF4N. The SMILES string of the molecule is Fc1cc(Cl)cc(CNc2c(F)cc(F)cc2F)c1. The van der Waals surface area contributed by atoms with Crippen molar-refractivity contribution in [3.8, 4) is 0 Å². The first-order chi connectivity index (χ1) is 8.95. The van der Waals surface area contributed by atoms with Crippen LogP contribution in [0.25, 0.3) is 0 Å². The van der Waals surface area contributed by atoms with Gasteiger partial charge in [-0.1, -0.05) is 11.6 Å². The van der Waals surface area contributed by atoms with Gasteiger partial charge in [0.2, 0.25) is 0 Å². The van der Waals surface area contributed by atoms with Gasteiger partial charge in [-0.05, 0) is 23.8 Å². The summed E-state index contributed by atoms with van der Waals surface area (Å²) in [6.07, 6.45) is 0. The molecule has 0 saturated heterocycles. The number of anilines is 1. The maximum absolute atomic E-state index is 13.3. The van der Waals surface area contributed by atoms with Crippen molar-refractivity contribution in [3.05, 3.63) is 64.2 Å². The maximum atomic E-state index is 13.3. The number of nitrogens with one attached hydrogen (secondary N) is 1. The predicted molar refractivity (Wildman–Crippen MR) is 65.1 cm³/mol. The van der Waals surface area contributed by atoms with E-state index in [2.05, 4.69) is 5.32 Å². The van der Waals surface area contributed by atoms with E-state index in [0.717, 1.165) is 6.07 Å². The van der Waals surface area contributed by atoms with Gasteiger partial charge in [0.05, 0.1) is 0 Å².